The van der Waals surface area contributed by atoms with E-state index in [4.69, 9.17) is 4.74 Å². The van der Waals surface area contributed by atoms with Crippen molar-refractivity contribution in [3.63, 3.8) is 0 Å². The van der Waals surface area contributed by atoms with Crippen LogP contribution in [0.2, 0.25) is 0 Å². The topological polar surface area (TPSA) is 75.7 Å². The zero-order valence-corrected chi connectivity index (χ0v) is 24.9. The molecule has 2 aromatic rings. The second-order valence-corrected chi connectivity index (χ2v) is 12.7. The number of hydrogen-bond acceptors (Lipinski definition) is 5. The summed E-state index contributed by atoms with van der Waals surface area (Å²) in [5.41, 5.74) is 1.78. The molecule has 37 heavy (non-hydrogen) atoms. The highest BCUT2D eigenvalue weighted by Gasteiger charge is 2.36. The minimum atomic E-state index is -3.70. The van der Waals surface area contributed by atoms with Gasteiger partial charge in [-0.3, -0.25) is 9.69 Å². The van der Waals surface area contributed by atoms with Crippen molar-refractivity contribution in [3.05, 3.63) is 59.2 Å². The fraction of sp³-hybridized carbons (Fsp3) is 0.567. The summed E-state index contributed by atoms with van der Waals surface area (Å²) >= 11 is 0. The van der Waals surface area contributed by atoms with E-state index in [1.54, 1.807) is 30.3 Å². The van der Waals surface area contributed by atoms with E-state index in [0.29, 0.717) is 35.4 Å². The molecule has 0 bridgehead atoms. The van der Waals surface area contributed by atoms with E-state index in [-0.39, 0.29) is 10.7 Å². The van der Waals surface area contributed by atoms with Gasteiger partial charge in [-0.15, -0.1) is 0 Å². The van der Waals surface area contributed by atoms with E-state index < -0.39 is 21.7 Å². The molecule has 6 nitrogen and oxygen atoms in total. The van der Waals surface area contributed by atoms with Gasteiger partial charge in [-0.1, -0.05) is 26.0 Å². The predicted octanol–water partition coefficient (Wildman–Crippen LogP) is 6.55. The summed E-state index contributed by atoms with van der Waals surface area (Å²) in [6.07, 6.45) is 2.58. The first-order valence-electron chi connectivity index (χ1n) is 13.4. The highest BCUT2D eigenvalue weighted by molar-refractivity contribution is 7.89. The van der Waals surface area contributed by atoms with Crippen LogP contribution in [0.1, 0.15) is 103 Å². The highest BCUT2D eigenvalue weighted by Crippen LogP contribution is 2.40. The Morgan fingerprint density at radius 1 is 1.05 bits per heavy atom. The number of fused-ring (bicyclic) bond motifs is 1. The summed E-state index contributed by atoms with van der Waals surface area (Å²) in [5.74, 6) is 0.532. The lowest BCUT2D eigenvalue weighted by Crippen LogP contribution is -2.41. The number of sulfonamides is 1. The molecule has 0 spiro atoms. The first kappa shape index (κ1) is 31.0. The third-order valence-electron chi connectivity index (χ3n) is 6.62. The number of Topliss-reactive ketones (excluding diaryl/α,β-unsaturated/α-hetero) is 1. The Bertz CT molecular complexity index is 1130. The number of aryl methyl sites for hydroxylation is 1. The maximum absolute atomic E-state index is 12.9. The van der Waals surface area contributed by atoms with Gasteiger partial charge in [0.2, 0.25) is 10.0 Å². The molecule has 0 saturated carbocycles. The molecule has 0 saturated heterocycles. The molecule has 0 aliphatic carbocycles. The molecular weight excluding hydrogens is 484 g/mol. The van der Waals surface area contributed by atoms with Crippen molar-refractivity contribution in [1.82, 2.24) is 9.62 Å². The quantitative estimate of drug-likeness (QED) is 0.372. The molecule has 2 aromatic carbocycles. The molecular formula is C30H46N2O4S. The summed E-state index contributed by atoms with van der Waals surface area (Å²) in [6, 6.07) is 13.0. The summed E-state index contributed by atoms with van der Waals surface area (Å²) in [7, 11) is -3.70. The van der Waals surface area contributed by atoms with E-state index in [1.807, 2.05) is 32.9 Å². The van der Waals surface area contributed by atoms with Gasteiger partial charge in [0, 0.05) is 29.6 Å². The first-order chi connectivity index (χ1) is 17.2. The molecule has 0 radical (unpaired) electrons. The van der Waals surface area contributed by atoms with Crippen molar-refractivity contribution >= 4 is 15.8 Å². The van der Waals surface area contributed by atoms with Crippen molar-refractivity contribution in [1.29, 1.82) is 0 Å². The fourth-order valence-electron chi connectivity index (χ4n) is 4.71. The van der Waals surface area contributed by atoms with Gasteiger partial charge in [0.25, 0.3) is 0 Å². The maximum Gasteiger partial charge on any atom is 0.241 e. The van der Waals surface area contributed by atoms with Gasteiger partial charge < -0.3 is 4.74 Å². The molecule has 1 N–H and O–H groups in total. The van der Waals surface area contributed by atoms with Crippen molar-refractivity contribution in [2.24, 2.45) is 0 Å². The van der Waals surface area contributed by atoms with Crippen LogP contribution in [0.3, 0.4) is 0 Å². The molecule has 1 aliphatic rings. The van der Waals surface area contributed by atoms with Crippen LogP contribution in [0.4, 0.5) is 0 Å². The van der Waals surface area contributed by atoms with Gasteiger partial charge in [0.1, 0.15) is 11.4 Å². The average Bonchev–Trinajstić information content (AvgIpc) is 2.81. The molecule has 7 heteroatoms. The van der Waals surface area contributed by atoms with E-state index >= 15 is 0 Å². The Morgan fingerprint density at radius 3 is 2.11 bits per heavy atom. The van der Waals surface area contributed by atoms with E-state index in [0.717, 1.165) is 12.0 Å². The number of hydrogen-bond donors (Lipinski definition) is 1. The Kier molecular flexibility index (Phi) is 10.9. The van der Waals surface area contributed by atoms with Gasteiger partial charge in [-0.2, -0.15) is 0 Å². The fourth-order valence-corrected chi connectivity index (χ4v) is 5.92. The summed E-state index contributed by atoms with van der Waals surface area (Å²) < 4.78 is 34.6. The van der Waals surface area contributed by atoms with E-state index in [9.17, 15) is 13.2 Å². The second kappa shape index (κ2) is 13.0. The zero-order valence-electron chi connectivity index (χ0n) is 24.1. The number of nitrogens with one attached hydrogen (secondary N) is 1. The van der Waals surface area contributed by atoms with Crippen LogP contribution in [0.25, 0.3) is 0 Å². The van der Waals surface area contributed by atoms with Crippen LogP contribution in [-0.2, 0) is 16.4 Å². The Morgan fingerprint density at radius 2 is 1.65 bits per heavy atom. The lowest BCUT2D eigenvalue weighted by atomic mass is 9.89. The Balaban J connectivity index is 0.000000410. The lowest BCUT2D eigenvalue weighted by Gasteiger charge is -2.38. The molecule has 0 aromatic heterocycles. The molecule has 1 aliphatic heterocycles. The number of carbonyl (C=O) groups excluding carboxylic acids is 1. The largest absolute Gasteiger partial charge is 0.487 e. The average molecular weight is 531 g/mol. The third kappa shape index (κ3) is 8.66. The number of ketones is 1. The third-order valence-corrected chi connectivity index (χ3v) is 8.11. The predicted molar refractivity (Wildman–Crippen MR) is 152 cm³/mol. The zero-order chi connectivity index (χ0) is 28.0. The van der Waals surface area contributed by atoms with Gasteiger partial charge in [0.15, 0.2) is 5.78 Å². The van der Waals surface area contributed by atoms with Crippen molar-refractivity contribution in [2.45, 2.75) is 110 Å². The normalized spacial score (nSPS) is 16.7. The summed E-state index contributed by atoms with van der Waals surface area (Å²) in [5, 5.41) is 0. The van der Waals surface area contributed by atoms with Crippen LogP contribution in [0.5, 0.6) is 5.75 Å². The number of ether oxygens (including phenoxy) is 1. The second-order valence-electron chi connectivity index (χ2n) is 11.0. The number of benzene rings is 2. The monoisotopic (exact) mass is 530 g/mol. The number of rotatable bonds is 9. The molecule has 0 fully saturated rings. The van der Waals surface area contributed by atoms with Crippen LogP contribution < -0.4 is 9.46 Å². The van der Waals surface area contributed by atoms with E-state index in [2.05, 4.69) is 44.2 Å². The Labute approximate surface area is 224 Å². The minimum Gasteiger partial charge on any atom is -0.487 e. The summed E-state index contributed by atoms with van der Waals surface area (Å²) in [4.78, 5) is 14.5. The SMILES string of the molecule is CCCN(C(C)C)C(C)C.CCc1ccc(S(=O)(=O)N[C@H]2CC(C)(C)Oc3ccc(C(C)=O)cc32)cc1. The van der Waals surface area contributed by atoms with E-state index in [1.165, 1.54) is 19.9 Å². The number of carbonyl (C=O) groups is 1. The lowest BCUT2D eigenvalue weighted by molar-refractivity contribution is 0.0701. The van der Waals surface area contributed by atoms with Crippen LogP contribution in [-0.4, -0.2) is 43.3 Å². The standard InChI is InChI=1S/C21H25NO4S.C9H21N/c1-5-15-6-9-17(10-7-15)27(24,25)22-19-13-21(3,4)26-20-11-8-16(14(2)23)12-18(19)20;1-6-7-10(8(2)3)9(4)5/h6-12,19,22H,5,13H2,1-4H3;8-9H,6-7H2,1-5H3/t19-;/m0./s1. The molecule has 3 rings (SSSR count). The van der Waals surface area contributed by atoms with Gasteiger partial charge in [0.05, 0.1) is 10.9 Å². The molecule has 0 amide bonds. The minimum absolute atomic E-state index is 0.0700. The maximum atomic E-state index is 12.9. The smallest absolute Gasteiger partial charge is 0.241 e. The van der Waals surface area contributed by atoms with Crippen LogP contribution >= 0.6 is 0 Å². The molecule has 206 valence electrons. The summed E-state index contributed by atoms with van der Waals surface area (Å²) in [6.45, 7) is 19.9. The van der Waals surface area contributed by atoms with Crippen molar-refractivity contribution < 1.29 is 17.9 Å². The van der Waals surface area contributed by atoms with Crippen molar-refractivity contribution in [2.75, 3.05) is 6.54 Å². The van der Waals surface area contributed by atoms with Crippen LogP contribution in [0, 0.1) is 0 Å². The van der Waals surface area contributed by atoms with Gasteiger partial charge in [-0.25, -0.2) is 13.1 Å². The molecule has 0 unspecified atom stereocenters. The number of nitrogens with zero attached hydrogens (tertiary/aromatic N) is 1. The first-order valence-corrected chi connectivity index (χ1v) is 14.9. The molecule has 1 atom stereocenters. The van der Waals surface area contributed by atoms with Crippen molar-refractivity contribution in [3.8, 4) is 5.75 Å². The Hall–Kier alpha value is -2.22. The molecule has 1 heterocycles. The highest BCUT2D eigenvalue weighted by atomic mass is 32.2. The van der Waals surface area contributed by atoms with Gasteiger partial charge >= 0.3 is 0 Å². The van der Waals surface area contributed by atoms with Crippen LogP contribution in [0.15, 0.2) is 47.4 Å². The van der Waals surface area contributed by atoms with Gasteiger partial charge in [-0.05, 0) is 104 Å².